The van der Waals surface area contributed by atoms with Gasteiger partial charge in [0.05, 0.1) is 6.61 Å². The fraction of sp³-hybridized carbons (Fsp3) is 0.316. The largest absolute Gasteiger partial charge is 0.457 e. The number of benzene rings is 2. The first-order valence-electron chi connectivity index (χ1n) is 8.15. The number of carbonyl (C=O) groups excluding carboxylic acids is 1. The Balaban J connectivity index is 1.80. The third-order valence-corrected chi connectivity index (χ3v) is 4.99. The molecule has 0 spiro atoms. The van der Waals surface area contributed by atoms with Crippen molar-refractivity contribution >= 4 is 17.7 Å². The van der Waals surface area contributed by atoms with E-state index >= 15 is 0 Å². The third kappa shape index (κ3) is 2.51. The molecule has 2 atom stereocenters. The monoisotopic (exact) mass is 343 g/mol. The zero-order valence-electron chi connectivity index (χ0n) is 13.4. The van der Waals surface area contributed by atoms with Crippen molar-refractivity contribution in [3.63, 3.8) is 0 Å². The van der Waals surface area contributed by atoms with Crippen molar-refractivity contribution in [2.24, 2.45) is 0 Å². The first-order chi connectivity index (χ1) is 11.7. The maximum absolute atomic E-state index is 12.2. The van der Waals surface area contributed by atoms with E-state index in [4.69, 9.17) is 21.1 Å². The number of halogens is 1. The standard InChI is InChI=1S/C19H18ClNO3/c1-2-23-19(22)21-10-15-13-5-3-4-6-17(13)24-18-8-7-12(20)9-14(18)16(15)11-21/h3-9,15-16H,2,10-11H2,1H3/t15-,16?/m1/s1. The van der Waals surface area contributed by atoms with Crippen LogP contribution in [0, 0.1) is 0 Å². The minimum Gasteiger partial charge on any atom is -0.457 e. The molecule has 4 rings (SSSR count). The van der Waals surface area contributed by atoms with Gasteiger partial charge in [-0.3, -0.25) is 0 Å². The number of ether oxygens (including phenoxy) is 2. The van der Waals surface area contributed by atoms with Crippen LogP contribution in [0.15, 0.2) is 42.5 Å². The summed E-state index contributed by atoms with van der Waals surface area (Å²) in [4.78, 5) is 14.0. The van der Waals surface area contributed by atoms with E-state index in [0.29, 0.717) is 24.7 Å². The molecule has 0 bridgehead atoms. The molecular weight excluding hydrogens is 326 g/mol. The van der Waals surface area contributed by atoms with Crippen molar-refractivity contribution in [3.05, 3.63) is 58.6 Å². The van der Waals surface area contributed by atoms with Crippen molar-refractivity contribution in [1.29, 1.82) is 0 Å². The van der Waals surface area contributed by atoms with E-state index in [0.717, 1.165) is 22.6 Å². The molecule has 1 saturated heterocycles. The molecule has 2 aromatic carbocycles. The number of hydrogen-bond donors (Lipinski definition) is 0. The van der Waals surface area contributed by atoms with Gasteiger partial charge in [-0.05, 0) is 31.2 Å². The van der Waals surface area contributed by atoms with E-state index < -0.39 is 0 Å². The highest BCUT2D eigenvalue weighted by atomic mass is 35.5. The third-order valence-electron chi connectivity index (χ3n) is 4.76. The highest BCUT2D eigenvalue weighted by Gasteiger charge is 2.41. The predicted octanol–water partition coefficient (Wildman–Crippen LogP) is 4.79. The van der Waals surface area contributed by atoms with Crippen LogP contribution < -0.4 is 4.74 Å². The Labute approximate surface area is 145 Å². The number of para-hydroxylation sites is 1. The first kappa shape index (κ1) is 15.3. The summed E-state index contributed by atoms with van der Waals surface area (Å²) in [6, 6.07) is 13.7. The molecule has 1 amide bonds. The second-order valence-corrected chi connectivity index (χ2v) is 6.58. The lowest BCUT2D eigenvalue weighted by atomic mass is 9.84. The molecule has 0 N–H and O–H groups in total. The van der Waals surface area contributed by atoms with E-state index in [1.165, 1.54) is 0 Å². The fourth-order valence-electron chi connectivity index (χ4n) is 3.70. The van der Waals surface area contributed by atoms with Crippen molar-refractivity contribution in [1.82, 2.24) is 4.90 Å². The summed E-state index contributed by atoms with van der Waals surface area (Å²) in [6.07, 6.45) is -0.257. The fourth-order valence-corrected chi connectivity index (χ4v) is 3.88. The molecule has 5 heteroatoms. The minimum atomic E-state index is -0.257. The van der Waals surface area contributed by atoms with Crippen LogP contribution in [0.1, 0.15) is 29.9 Å². The summed E-state index contributed by atoms with van der Waals surface area (Å²) in [7, 11) is 0. The molecule has 124 valence electrons. The second kappa shape index (κ2) is 6.02. The molecule has 0 aliphatic carbocycles. The molecule has 0 saturated carbocycles. The topological polar surface area (TPSA) is 38.8 Å². The summed E-state index contributed by atoms with van der Waals surface area (Å²) >= 11 is 6.22. The molecule has 1 fully saturated rings. The van der Waals surface area contributed by atoms with Crippen molar-refractivity contribution in [2.45, 2.75) is 18.8 Å². The van der Waals surface area contributed by atoms with Gasteiger partial charge in [0.25, 0.3) is 0 Å². The van der Waals surface area contributed by atoms with Gasteiger partial charge in [-0.15, -0.1) is 0 Å². The van der Waals surface area contributed by atoms with Gasteiger partial charge < -0.3 is 14.4 Å². The second-order valence-electron chi connectivity index (χ2n) is 6.14. The maximum Gasteiger partial charge on any atom is 0.409 e. The Morgan fingerprint density at radius 3 is 2.67 bits per heavy atom. The predicted molar refractivity (Wildman–Crippen MR) is 92.0 cm³/mol. The van der Waals surface area contributed by atoms with Gasteiger partial charge >= 0.3 is 6.09 Å². The van der Waals surface area contributed by atoms with Crippen molar-refractivity contribution in [2.75, 3.05) is 19.7 Å². The Hall–Kier alpha value is -2.20. The van der Waals surface area contributed by atoms with Gasteiger partial charge in [0.1, 0.15) is 11.5 Å². The lowest BCUT2D eigenvalue weighted by molar-refractivity contribution is 0.115. The maximum atomic E-state index is 12.2. The minimum absolute atomic E-state index is 0.145. The lowest BCUT2D eigenvalue weighted by Gasteiger charge is -2.17. The highest BCUT2D eigenvalue weighted by Crippen LogP contribution is 2.50. The van der Waals surface area contributed by atoms with Crippen LogP contribution in [0.3, 0.4) is 0 Å². The quantitative estimate of drug-likeness (QED) is 0.747. The molecule has 2 heterocycles. The van der Waals surface area contributed by atoms with E-state index in [2.05, 4.69) is 6.07 Å². The molecule has 1 unspecified atom stereocenters. The van der Waals surface area contributed by atoms with E-state index in [1.54, 1.807) is 4.90 Å². The lowest BCUT2D eigenvalue weighted by Crippen LogP contribution is -2.29. The summed E-state index contributed by atoms with van der Waals surface area (Å²) in [5.41, 5.74) is 2.18. The Morgan fingerprint density at radius 1 is 1.17 bits per heavy atom. The molecule has 0 radical (unpaired) electrons. The zero-order valence-corrected chi connectivity index (χ0v) is 14.1. The Bertz CT molecular complexity index is 792. The van der Waals surface area contributed by atoms with Crippen molar-refractivity contribution < 1.29 is 14.3 Å². The number of likely N-dealkylation sites (tertiary alicyclic amines) is 1. The number of rotatable bonds is 1. The summed E-state index contributed by atoms with van der Waals surface area (Å²) in [6.45, 7) is 3.43. The number of carbonyl (C=O) groups is 1. The van der Waals surface area contributed by atoms with Gasteiger partial charge in [0.15, 0.2) is 0 Å². The van der Waals surface area contributed by atoms with E-state index in [9.17, 15) is 4.79 Å². The van der Waals surface area contributed by atoms with Crippen LogP contribution in [-0.2, 0) is 4.74 Å². The molecule has 2 aliphatic heterocycles. The summed E-state index contributed by atoms with van der Waals surface area (Å²) in [5, 5.41) is 0.677. The SMILES string of the molecule is CCOC(=O)N1CC2c3cc(Cl)ccc3Oc3ccccc3[C@H]2C1. The van der Waals surface area contributed by atoms with E-state index in [-0.39, 0.29) is 17.9 Å². The smallest absolute Gasteiger partial charge is 0.409 e. The van der Waals surface area contributed by atoms with Crippen molar-refractivity contribution in [3.8, 4) is 11.5 Å². The molecule has 2 aromatic rings. The average molecular weight is 344 g/mol. The van der Waals surface area contributed by atoms with Gasteiger partial charge in [-0.25, -0.2) is 4.79 Å². The number of fused-ring (bicyclic) bond motifs is 5. The Kier molecular flexibility index (Phi) is 3.85. The van der Waals surface area contributed by atoms with Gasteiger partial charge in [-0.2, -0.15) is 0 Å². The van der Waals surface area contributed by atoms with Crippen LogP contribution in [0.2, 0.25) is 5.02 Å². The van der Waals surface area contributed by atoms with Crippen LogP contribution in [0.25, 0.3) is 0 Å². The van der Waals surface area contributed by atoms with Crippen LogP contribution in [0.4, 0.5) is 4.79 Å². The molecule has 24 heavy (non-hydrogen) atoms. The molecule has 2 aliphatic rings. The molecule has 4 nitrogen and oxygen atoms in total. The van der Waals surface area contributed by atoms with E-state index in [1.807, 2.05) is 43.3 Å². The van der Waals surface area contributed by atoms with Gasteiger partial charge in [0.2, 0.25) is 0 Å². The van der Waals surface area contributed by atoms with Crippen LogP contribution in [0.5, 0.6) is 11.5 Å². The number of hydrogen-bond acceptors (Lipinski definition) is 3. The highest BCUT2D eigenvalue weighted by molar-refractivity contribution is 6.30. The van der Waals surface area contributed by atoms with Crippen LogP contribution >= 0.6 is 11.6 Å². The zero-order chi connectivity index (χ0) is 16.7. The van der Waals surface area contributed by atoms with Gasteiger partial charge in [0, 0.05) is 41.1 Å². The van der Waals surface area contributed by atoms with Gasteiger partial charge in [-0.1, -0.05) is 29.8 Å². The normalized spacial score (nSPS) is 21.2. The Morgan fingerprint density at radius 2 is 1.88 bits per heavy atom. The van der Waals surface area contributed by atoms with Crippen LogP contribution in [-0.4, -0.2) is 30.7 Å². The summed E-state index contributed by atoms with van der Waals surface area (Å²) in [5.74, 6) is 1.97. The first-order valence-corrected chi connectivity index (χ1v) is 8.53. The summed E-state index contributed by atoms with van der Waals surface area (Å²) < 4.78 is 11.3. The number of nitrogens with zero attached hydrogens (tertiary/aromatic N) is 1. The molecule has 0 aromatic heterocycles. The number of amides is 1. The average Bonchev–Trinajstić information content (AvgIpc) is 2.97. The molecular formula is C19H18ClNO3.